The maximum absolute atomic E-state index is 4.77. The molecule has 0 aliphatic heterocycles. The first-order chi connectivity index (χ1) is 4.33. The molecule has 0 spiro atoms. The normalized spacial score (nSPS) is 9.11. The molecule has 1 rings (SSSR count). The second-order valence-electron chi connectivity index (χ2n) is 1.59. The van der Waals surface area contributed by atoms with E-state index in [1.54, 1.807) is 29.1 Å². The second-order valence-corrected chi connectivity index (χ2v) is 2.03. The molecular formula is C5H5IN2O. The molecule has 0 N–H and O–H groups in total. The Morgan fingerprint density at radius 2 is 2.22 bits per heavy atom. The fraction of sp³-hybridized carbons (Fsp3) is 0.200. The third-order valence-electron chi connectivity index (χ3n) is 0.852. The number of rotatable bonds is 1. The highest BCUT2D eigenvalue weighted by Gasteiger charge is 1.90. The van der Waals surface area contributed by atoms with Crippen molar-refractivity contribution >= 4 is 23.0 Å². The van der Waals surface area contributed by atoms with E-state index in [4.69, 9.17) is 3.07 Å². The molecule has 0 saturated heterocycles. The Hall–Kier alpha value is -0.390. The van der Waals surface area contributed by atoms with Crippen LogP contribution in [0, 0.1) is 6.92 Å². The highest BCUT2D eigenvalue weighted by Crippen LogP contribution is 2.05. The van der Waals surface area contributed by atoms with Crippen molar-refractivity contribution < 1.29 is 3.07 Å². The van der Waals surface area contributed by atoms with Crippen LogP contribution in [-0.2, 0) is 0 Å². The van der Waals surface area contributed by atoms with Crippen LogP contribution in [0.15, 0.2) is 12.1 Å². The van der Waals surface area contributed by atoms with Crippen LogP contribution in [0.4, 0.5) is 0 Å². The predicted octanol–water partition coefficient (Wildman–Crippen LogP) is 1.51. The fourth-order valence-corrected chi connectivity index (χ4v) is 0.663. The van der Waals surface area contributed by atoms with Crippen molar-refractivity contribution in [3.63, 3.8) is 0 Å². The average molecular weight is 236 g/mol. The van der Waals surface area contributed by atoms with E-state index in [1.807, 2.05) is 13.0 Å². The van der Waals surface area contributed by atoms with Gasteiger partial charge in [-0.15, -0.1) is 5.10 Å². The van der Waals surface area contributed by atoms with Crippen LogP contribution in [0.5, 0.6) is 5.88 Å². The minimum Gasteiger partial charge on any atom is -0.407 e. The Labute approximate surface area is 67.1 Å². The first-order valence-electron chi connectivity index (χ1n) is 2.42. The van der Waals surface area contributed by atoms with Crippen LogP contribution in [0.2, 0.25) is 0 Å². The number of nitrogens with zero attached hydrogens (tertiary/aromatic N) is 2. The summed E-state index contributed by atoms with van der Waals surface area (Å²) < 4.78 is 4.77. The zero-order valence-electron chi connectivity index (χ0n) is 4.84. The quantitative estimate of drug-likeness (QED) is 0.693. The maximum Gasteiger partial charge on any atom is 0.244 e. The molecule has 0 unspecified atom stereocenters. The first-order valence-corrected chi connectivity index (χ1v) is 3.30. The summed E-state index contributed by atoms with van der Waals surface area (Å²) in [6.07, 6.45) is 0. The molecule has 0 aliphatic rings. The molecule has 0 amide bonds. The van der Waals surface area contributed by atoms with Crippen molar-refractivity contribution in [1.29, 1.82) is 0 Å². The van der Waals surface area contributed by atoms with E-state index in [0.717, 1.165) is 5.69 Å². The second kappa shape index (κ2) is 2.95. The van der Waals surface area contributed by atoms with Gasteiger partial charge in [-0.25, -0.2) is 0 Å². The fourth-order valence-electron chi connectivity index (χ4n) is 0.428. The molecule has 9 heavy (non-hydrogen) atoms. The van der Waals surface area contributed by atoms with Crippen LogP contribution < -0.4 is 3.07 Å². The molecule has 0 fully saturated rings. The standard InChI is InChI=1S/C5H5IN2O/c1-4-2-3-5(9-6)8-7-4/h2-3H,1H3. The summed E-state index contributed by atoms with van der Waals surface area (Å²) in [5.74, 6) is 0.543. The minimum absolute atomic E-state index is 0.543. The number of halogens is 1. The summed E-state index contributed by atoms with van der Waals surface area (Å²) >= 11 is 1.76. The zero-order valence-corrected chi connectivity index (χ0v) is 6.99. The lowest BCUT2D eigenvalue weighted by Gasteiger charge is -1.91. The van der Waals surface area contributed by atoms with Crippen LogP contribution in [0.1, 0.15) is 5.69 Å². The minimum atomic E-state index is 0.543. The van der Waals surface area contributed by atoms with E-state index in [0.29, 0.717) is 5.88 Å². The summed E-state index contributed by atoms with van der Waals surface area (Å²) in [6, 6.07) is 3.62. The van der Waals surface area contributed by atoms with E-state index in [1.165, 1.54) is 0 Å². The van der Waals surface area contributed by atoms with Gasteiger partial charge in [0.15, 0.2) is 23.0 Å². The topological polar surface area (TPSA) is 35.0 Å². The molecule has 1 aromatic heterocycles. The van der Waals surface area contributed by atoms with Gasteiger partial charge in [-0.3, -0.25) is 0 Å². The van der Waals surface area contributed by atoms with Gasteiger partial charge in [0.1, 0.15) is 0 Å². The van der Waals surface area contributed by atoms with Gasteiger partial charge in [-0.2, -0.15) is 5.10 Å². The van der Waals surface area contributed by atoms with E-state index >= 15 is 0 Å². The molecule has 0 saturated carbocycles. The number of hydrogen-bond acceptors (Lipinski definition) is 3. The van der Waals surface area contributed by atoms with Crippen LogP contribution >= 0.6 is 23.0 Å². The number of hydrogen-bond donors (Lipinski definition) is 0. The van der Waals surface area contributed by atoms with Gasteiger partial charge in [-0.05, 0) is 13.0 Å². The van der Waals surface area contributed by atoms with E-state index in [-0.39, 0.29) is 0 Å². The van der Waals surface area contributed by atoms with Gasteiger partial charge < -0.3 is 3.07 Å². The summed E-state index contributed by atoms with van der Waals surface area (Å²) in [7, 11) is 0. The Morgan fingerprint density at radius 1 is 1.44 bits per heavy atom. The monoisotopic (exact) mass is 236 g/mol. The average Bonchev–Trinajstić information content (AvgIpc) is 1.90. The molecule has 48 valence electrons. The summed E-state index contributed by atoms with van der Waals surface area (Å²) in [5.41, 5.74) is 0.896. The molecule has 4 heteroatoms. The lowest BCUT2D eigenvalue weighted by atomic mass is 10.4. The Bertz CT molecular complexity index is 187. The van der Waals surface area contributed by atoms with E-state index in [9.17, 15) is 0 Å². The van der Waals surface area contributed by atoms with Gasteiger partial charge in [0.25, 0.3) is 0 Å². The molecular weight excluding hydrogens is 231 g/mol. The molecule has 3 nitrogen and oxygen atoms in total. The molecule has 0 radical (unpaired) electrons. The highest BCUT2D eigenvalue weighted by molar-refractivity contribution is 14.1. The van der Waals surface area contributed by atoms with Crippen molar-refractivity contribution in [1.82, 2.24) is 10.2 Å². The third-order valence-corrected chi connectivity index (χ3v) is 1.30. The highest BCUT2D eigenvalue weighted by atomic mass is 127. The molecule has 0 bridgehead atoms. The molecule has 0 aromatic carbocycles. The van der Waals surface area contributed by atoms with Crippen molar-refractivity contribution in [3.05, 3.63) is 17.8 Å². The summed E-state index contributed by atoms with van der Waals surface area (Å²) in [4.78, 5) is 0. The van der Waals surface area contributed by atoms with Crippen LogP contribution in [0.25, 0.3) is 0 Å². The van der Waals surface area contributed by atoms with Crippen molar-refractivity contribution in [2.24, 2.45) is 0 Å². The van der Waals surface area contributed by atoms with E-state index < -0.39 is 0 Å². The van der Waals surface area contributed by atoms with Crippen molar-refractivity contribution in [2.45, 2.75) is 6.92 Å². The lowest BCUT2D eigenvalue weighted by molar-refractivity contribution is 0.656. The largest absolute Gasteiger partial charge is 0.407 e. The van der Waals surface area contributed by atoms with Crippen LogP contribution in [-0.4, -0.2) is 10.2 Å². The van der Waals surface area contributed by atoms with Crippen molar-refractivity contribution in [3.8, 4) is 5.88 Å². The summed E-state index contributed by atoms with van der Waals surface area (Å²) in [5, 5.41) is 7.49. The molecule has 0 aliphatic carbocycles. The van der Waals surface area contributed by atoms with Crippen molar-refractivity contribution in [2.75, 3.05) is 0 Å². The Morgan fingerprint density at radius 3 is 2.67 bits per heavy atom. The van der Waals surface area contributed by atoms with E-state index in [2.05, 4.69) is 10.2 Å². The third kappa shape index (κ3) is 1.78. The molecule has 1 heterocycles. The predicted molar refractivity (Wildman–Crippen MR) is 41.4 cm³/mol. The van der Waals surface area contributed by atoms with Gasteiger partial charge in [0, 0.05) is 6.07 Å². The molecule has 0 atom stereocenters. The maximum atomic E-state index is 4.77. The van der Waals surface area contributed by atoms with Gasteiger partial charge >= 0.3 is 0 Å². The van der Waals surface area contributed by atoms with Gasteiger partial charge in [-0.1, -0.05) is 0 Å². The first kappa shape index (κ1) is 6.73. The summed E-state index contributed by atoms with van der Waals surface area (Å²) in [6.45, 7) is 1.88. The number of aromatic nitrogens is 2. The van der Waals surface area contributed by atoms with Gasteiger partial charge in [0.05, 0.1) is 5.69 Å². The van der Waals surface area contributed by atoms with Crippen LogP contribution in [0.3, 0.4) is 0 Å². The smallest absolute Gasteiger partial charge is 0.244 e. The Balaban J connectivity index is 2.88. The Kier molecular flexibility index (Phi) is 2.21. The molecule has 1 aromatic rings. The SMILES string of the molecule is Cc1ccc(OI)nn1. The van der Waals surface area contributed by atoms with Gasteiger partial charge in [0.2, 0.25) is 5.88 Å². The zero-order chi connectivity index (χ0) is 6.69. The number of aryl methyl sites for hydroxylation is 1. The lowest BCUT2D eigenvalue weighted by Crippen LogP contribution is -1.86.